The first-order valence-electron chi connectivity index (χ1n) is 6.68. The third-order valence-electron chi connectivity index (χ3n) is 2.98. The third-order valence-corrected chi connectivity index (χ3v) is 2.98. The maximum atomic E-state index is 9.76. The van der Waals surface area contributed by atoms with E-state index in [2.05, 4.69) is 43.4 Å². The average Bonchev–Trinajstić information content (AvgIpc) is 2.42. The molecule has 0 radical (unpaired) electrons. The second-order valence-electron chi connectivity index (χ2n) is 4.76. The van der Waals surface area contributed by atoms with Gasteiger partial charge in [0.15, 0.2) is 0 Å². The summed E-state index contributed by atoms with van der Waals surface area (Å²) in [6, 6.07) is 8.62. The van der Waals surface area contributed by atoms with E-state index in [4.69, 9.17) is 9.47 Å². The molecular weight excluding hydrogens is 242 g/mol. The summed E-state index contributed by atoms with van der Waals surface area (Å²) in [5.74, 6) is 0. The van der Waals surface area contributed by atoms with Crippen LogP contribution in [-0.2, 0) is 9.47 Å². The fraction of sp³-hybridized carbons (Fsp3) is 0.600. The van der Waals surface area contributed by atoms with Gasteiger partial charge in [-0.25, -0.2) is 0 Å². The van der Waals surface area contributed by atoms with Gasteiger partial charge in [-0.15, -0.1) is 0 Å². The summed E-state index contributed by atoms with van der Waals surface area (Å²) in [5.41, 5.74) is 2.47. The number of hydrogen-bond donors (Lipinski definition) is 2. The minimum Gasteiger partial charge on any atom is -0.389 e. The van der Waals surface area contributed by atoms with Gasteiger partial charge in [0.2, 0.25) is 0 Å². The van der Waals surface area contributed by atoms with Crippen molar-refractivity contribution in [2.24, 2.45) is 0 Å². The Balaban J connectivity index is 2.22. The molecule has 1 aromatic rings. The van der Waals surface area contributed by atoms with Crippen molar-refractivity contribution in [3.8, 4) is 0 Å². The first-order chi connectivity index (χ1) is 9.13. The molecule has 0 heterocycles. The molecule has 4 nitrogen and oxygen atoms in total. The Labute approximate surface area is 115 Å². The third kappa shape index (κ3) is 6.68. The van der Waals surface area contributed by atoms with Gasteiger partial charge >= 0.3 is 0 Å². The van der Waals surface area contributed by atoms with Crippen LogP contribution in [0.15, 0.2) is 24.3 Å². The van der Waals surface area contributed by atoms with Crippen LogP contribution in [0, 0.1) is 6.92 Å². The standard InChI is InChI=1S/C15H25NO3/c1-12-4-6-14(7-5-12)13(2)16-10-15(17)11-19-9-8-18-3/h4-7,13,15-17H,8-11H2,1-3H3. The van der Waals surface area contributed by atoms with Crippen molar-refractivity contribution in [1.29, 1.82) is 0 Å². The Bertz CT molecular complexity index is 340. The van der Waals surface area contributed by atoms with E-state index in [0.29, 0.717) is 26.4 Å². The minimum absolute atomic E-state index is 0.217. The van der Waals surface area contributed by atoms with Crippen LogP contribution in [0.5, 0.6) is 0 Å². The lowest BCUT2D eigenvalue weighted by Crippen LogP contribution is -2.32. The van der Waals surface area contributed by atoms with Gasteiger partial charge in [-0.3, -0.25) is 0 Å². The second kappa shape index (κ2) is 9.04. The molecule has 2 unspecified atom stereocenters. The van der Waals surface area contributed by atoms with Crippen LogP contribution >= 0.6 is 0 Å². The predicted molar refractivity (Wildman–Crippen MR) is 76.3 cm³/mol. The lowest BCUT2D eigenvalue weighted by molar-refractivity contribution is 0.0130. The molecule has 1 aromatic carbocycles. The fourth-order valence-corrected chi connectivity index (χ4v) is 1.71. The van der Waals surface area contributed by atoms with Crippen molar-refractivity contribution < 1.29 is 14.6 Å². The van der Waals surface area contributed by atoms with Crippen LogP contribution in [0.3, 0.4) is 0 Å². The quantitative estimate of drug-likeness (QED) is 0.668. The highest BCUT2D eigenvalue weighted by Crippen LogP contribution is 2.12. The number of hydrogen-bond acceptors (Lipinski definition) is 4. The SMILES string of the molecule is COCCOCC(O)CNC(C)c1ccc(C)cc1. The average molecular weight is 267 g/mol. The topological polar surface area (TPSA) is 50.7 Å². The van der Waals surface area contributed by atoms with Gasteiger partial charge in [-0.1, -0.05) is 29.8 Å². The maximum Gasteiger partial charge on any atom is 0.0897 e. The number of ether oxygens (including phenoxy) is 2. The van der Waals surface area contributed by atoms with Crippen LogP contribution in [0.2, 0.25) is 0 Å². The van der Waals surface area contributed by atoms with Crippen molar-refractivity contribution in [1.82, 2.24) is 5.32 Å². The zero-order valence-electron chi connectivity index (χ0n) is 12.1. The van der Waals surface area contributed by atoms with E-state index in [1.54, 1.807) is 7.11 Å². The number of aryl methyl sites for hydroxylation is 1. The van der Waals surface area contributed by atoms with Gasteiger partial charge in [0.05, 0.1) is 25.9 Å². The molecule has 0 aromatic heterocycles. The molecule has 108 valence electrons. The van der Waals surface area contributed by atoms with Gasteiger partial charge in [0.25, 0.3) is 0 Å². The van der Waals surface area contributed by atoms with Crippen LogP contribution in [0.4, 0.5) is 0 Å². The van der Waals surface area contributed by atoms with Gasteiger partial charge in [-0.2, -0.15) is 0 Å². The lowest BCUT2D eigenvalue weighted by Gasteiger charge is -2.17. The predicted octanol–water partition coefficient (Wildman–Crippen LogP) is 1.67. The summed E-state index contributed by atoms with van der Waals surface area (Å²) < 4.78 is 10.1. The summed E-state index contributed by atoms with van der Waals surface area (Å²) >= 11 is 0. The van der Waals surface area contributed by atoms with Crippen LogP contribution in [-0.4, -0.2) is 44.7 Å². The summed E-state index contributed by atoms with van der Waals surface area (Å²) in [6.07, 6.45) is -0.496. The number of benzene rings is 1. The van der Waals surface area contributed by atoms with Gasteiger partial charge < -0.3 is 19.9 Å². The molecule has 0 aliphatic carbocycles. The number of nitrogens with one attached hydrogen (secondary N) is 1. The van der Waals surface area contributed by atoms with Gasteiger partial charge in [0.1, 0.15) is 0 Å². The van der Waals surface area contributed by atoms with Gasteiger partial charge in [-0.05, 0) is 19.4 Å². The Kier molecular flexibility index (Phi) is 7.67. The summed E-state index contributed by atoms with van der Waals surface area (Å²) in [6.45, 7) is 6.08. The fourth-order valence-electron chi connectivity index (χ4n) is 1.71. The highest BCUT2D eigenvalue weighted by Gasteiger charge is 2.08. The molecule has 0 saturated carbocycles. The van der Waals surface area contributed by atoms with Crippen molar-refractivity contribution in [3.63, 3.8) is 0 Å². The van der Waals surface area contributed by atoms with E-state index in [0.717, 1.165) is 0 Å². The van der Waals surface area contributed by atoms with E-state index < -0.39 is 6.10 Å². The van der Waals surface area contributed by atoms with Crippen molar-refractivity contribution in [3.05, 3.63) is 35.4 Å². The van der Waals surface area contributed by atoms with E-state index in [1.165, 1.54) is 11.1 Å². The summed E-state index contributed by atoms with van der Waals surface area (Å²) in [4.78, 5) is 0. The Hall–Kier alpha value is -0.940. The highest BCUT2D eigenvalue weighted by molar-refractivity contribution is 5.23. The Morgan fingerprint density at radius 2 is 1.89 bits per heavy atom. The largest absolute Gasteiger partial charge is 0.389 e. The summed E-state index contributed by atoms with van der Waals surface area (Å²) in [5, 5.41) is 13.1. The van der Waals surface area contributed by atoms with Crippen LogP contribution in [0.1, 0.15) is 24.1 Å². The molecule has 0 spiro atoms. The van der Waals surface area contributed by atoms with Crippen molar-refractivity contribution in [2.75, 3.05) is 33.5 Å². The smallest absolute Gasteiger partial charge is 0.0897 e. The Morgan fingerprint density at radius 3 is 2.53 bits per heavy atom. The molecule has 0 fully saturated rings. The molecule has 2 N–H and O–H groups in total. The maximum absolute atomic E-state index is 9.76. The molecule has 2 atom stereocenters. The number of aliphatic hydroxyl groups excluding tert-OH is 1. The van der Waals surface area contributed by atoms with E-state index in [1.807, 2.05) is 0 Å². The molecule has 0 saturated heterocycles. The molecule has 1 rings (SSSR count). The second-order valence-corrected chi connectivity index (χ2v) is 4.76. The zero-order valence-corrected chi connectivity index (χ0v) is 12.1. The molecule has 0 aliphatic rings. The zero-order chi connectivity index (χ0) is 14.1. The number of methoxy groups -OCH3 is 1. The highest BCUT2D eigenvalue weighted by atomic mass is 16.5. The molecule has 0 bridgehead atoms. The minimum atomic E-state index is -0.496. The van der Waals surface area contributed by atoms with E-state index in [9.17, 15) is 5.11 Å². The number of rotatable bonds is 9. The van der Waals surface area contributed by atoms with Crippen LogP contribution in [0.25, 0.3) is 0 Å². The lowest BCUT2D eigenvalue weighted by atomic mass is 10.1. The van der Waals surface area contributed by atoms with E-state index >= 15 is 0 Å². The molecular formula is C15H25NO3. The molecule has 0 amide bonds. The van der Waals surface area contributed by atoms with Crippen LogP contribution < -0.4 is 5.32 Å². The monoisotopic (exact) mass is 267 g/mol. The van der Waals surface area contributed by atoms with Gasteiger partial charge in [0, 0.05) is 19.7 Å². The van der Waals surface area contributed by atoms with Crippen molar-refractivity contribution in [2.45, 2.75) is 26.0 Å². The Morgan fingerprint density at radius 1 is 1.21 bits per heavy atom. The normalized spacial score (nSPS) is 14.3. The first-order valence-corrected chi connectivity index (χ1v) is 6.68. The molecule has 4 heteroatoms. The van der Waals surface area contributed by atoms with E-state index in [-0.39, 0.29) is 6.04 Å². The molecule has 19 heavy (non-hydrogen) atoms. The molecule has 0 aliphatic heterocycles. The number of aliphatic hydroxyl groups is 1. The summed E-state index contributed by atoms with van der Waals surface area (Å²) in [7, 11) is 1.63. The first kappa shape index (κ1) is 16.1. The van der Waals surface area contributed by atoms with Crippen molar-refractivity contribution >= 4 is 0 Å².